The Kier molecular flexibility index (Phi) is 5.01. The highest BCUT2D eigenvalue weighted by Crippen LogP contribution is 2.00. The van der Waals surface area contributed by atoms with Crippen LogP contribution in [-0.4, -0.2) is 44.5 Å². The predicted molar refractivity (Wildman–Crippen MR) is 60.1 cm³/mol. The number of hydrogen-bond acceptors (Lipinski definition) is 3. The maximum atomic E-state index is 11.7. The van der Waals surface area contributed by atoms with Crippen LogP contribution in [0.5, 0.6) is 0 Å². The summed E-state index contributed by atoms with van der Waals surface area (Å²) in [6.07, 6.45) is 0. The molecule has 15 heavy (non-hydrogen) atoms. The normalized spacial score (nSPS) is 10.6. The molecule has 3 nitrogen and oxygen atoms in total. The zero-order valence-corrected chi connectivity index (χ0v) is 9.27. The first-order valence-corrected chi connectivity index (χ1v) is 4.99. The van der Waals surface area contributed by atoms with E-state index >= 15 is 0 Å². The third-order valence-electron chi connectivity index (χ3n) is 2.19. The second kappa shape index (κ2) is 6.32. The molecule has 0 heterocycles. The molecule has 0 radical (unpaired) electrons. The second-order valence-corrected chi connectivity index (χ2v) is 3.52. The Bertz CT molecular complexity index is 298. The molecule has 0 spiro atoms. The zero-order valence-electron chi connectivity index (χ0n) is 9.27. The SMILES string of the molecule is COCCN(C)CC(=O)c1ccccc1. The Morgan fingerprint density at radius 3 is 2.60 bits per heavy atom. The van der Waals surface area contributed by atoms with Gasteiger partial charge in [0.1, 0.15) is 0 Å². The Morgan fingerprint density at radius 2 is 2.00 bits per heavy atom. The lowest BCUT2D eigenvalue weighted by Gasteiger charge is -2.14. The fourth-order valence-electron chi connectivity index (χ4n) is 1.29. The summed E-state index contributed by atoms with van der Waals surface area (Å²) in [7, 11) is 3.58. The summed E-state index contributed by atoms with van der Waals surface area (Å²) in [5.74, 6) is 0.147. The Morgan fingerprint density at radius 1 is 1.33 bits per heavy atom. The van der Waals surface area contributed by atoms with Gasteiger partial charge in [-0.3, -0.25) is 9.69 Å². The van der Waals surface area contributed by atoms with Gasteiger partial charge in [0.15, 0.2) is 5.78 Å². The number of likely N-dealkylation sites (N-methyl/N-ethyl adjacent to an activating group) is 1. The van der Waals surface area contributed by atoms with Gasteiger partial charge in [-0.25, -0.2) is 0 Å². The third-order valence-corrected chi connectivity index (χ3v) is 2.19. The van der Waals surface area contributed by atoms with Crippen molar-refractivity contribution in [2.24, 2.45) is 0 Å². The van der Waals surface area contributed by atoms with Crippen LogP contribution < -0.4 is 0 Å². The summed E-state index contributed by atoms with van der Waals surface area (Å²) in [4.78, 5) is 13.7. The molecule has 0 aliphatic rings. The molecule has 1 rings (SSSR count). The number of rotatable bonds is 6. The highest BCUT2D eigenvalue weighted by Gasteiger charge is 2.07. The number of nitrogens with zero attached hydrogens (tertiary/aromatic N) is 1. The van der Waals surface area contributed by atoms with E-state index in [1.165, 1.54) is 0 Å². The number of ketones is 1. The lowest BCUT2D eigenvalue weighted by molar-refractivity contribution is 0.0922. The molecule has 0 N–H and O–H groups in total. The van der Waals surface area contributed by atoms with Crippen LogP contribution in [0, 0.1) is 0 Å². The number of ether oxygens (including phenoxy) is 1. The van der Waals surface area contributed by atoms with E-state index in [1.807, 2.05) is 42.3 Å². The van der Waals surface area contributed by atoms with E-state index in [0.29, 0.717) is 13.2 Å². The Balaban J connectivity index is 2.42. The van der Waals surface area contributed by atoms with Crippen molar-refractivity contribution in [2.45, 2.75) is 0 Å². The summed E-state index contributed by atoms with van der Waals surface area (Å²) < 4.78 is 4.95. The minimum Gasteiger partial charge on any atom is -0.383 e. The average Bonchev–Trinajstić information content (AvgIpc) is 2.27. The van der Waals surface area contributed by atoms with Gasteiger partial charge in [0.05, 0.1) is 13.2 Å². The lowest BCUT2D eigenvalue weighted by Crippen LogP contribution is -2.29. The van der Waals surface area contributed by atoms with Gasteiger partial charge in [-0.15, -0.1) is 0 Å². The Labute approximate surface area is 90.7 Å². The van der Waals surface area contributed by atoms with Gasteiger partial charge >= 0.3 is 0 Å². The van der Waals surface area contributed by atoms with E-state index in [-0.39, 0.29) is 5.78 Å². The number of hydrogen-bond donors (Lipinski definition) is 0. The third kappa shape index (κ3) is 4.23. The first-order chi connectivity index (χ1) is 7.24. The highest BCUT2D eigenvalue weighted by atomic mass is 16.5. The molecule has 0 aliphatic carbocycles. The standard InChI is InChI=1S/C12H17NO2/c1-13(8-9-15-2)10-12(14)11-6-4-3-5-7-11/h3-7H,8-10H2,1-2H3. The smallest absolute Gasteiger partial charge is 0.176 e. The van der Waals surface area contributed by atoms with Gasteiger partial charge < -0.3 is 4.74 Å². The first kappa shape index (κ1) is 11.9. The number of benzene rings is 1. The van der Waals surface area contributed by atoms with Crippen LogP contribution in [0.3, 0.4) is 0 Å². The molecule has 0 aliphatic heterocycles. The Hall–Kier alpha value is -1.19. The van der Waals surface area contributed by atoms with Gasteiger partial charge in [0.2, 0.25) is 0 Å². The minimum absolute atomic E-state index is 0.147. The molecule has 0 unspecified atom stereocenters. The van der Waals surface area contributed by atoms with Gasteiger partial charge in [-0.05, 0) is 7.05 Å². The molecule has 1 aromatic carbocycles. The van der Waals surface area contributed by atoms with Crippen LogP contribution in [0.15, 0.2) is 30.3 Å². The van der Waals surface area contributed by atoms with Crippen molar-refractivity contribution in [1.29, 1.82) is 0 Å². The topological polar surface area (TPSA) is 29.5 Å². The number of Topliss-reactive ketones (excluding diaryl/α,β-unsaturated/α-hetero) is 1. The summed E-state index contributed by atoms with van der Waals surface area (Å²) >= 11 is 0. The van der Waals surface area contributed by atoms with Crippen molar-refractivity contribution in [3.8, 4) is 0 Å². The summed E-state index contributed by atoms with van der Waals surface area (Å²) in [6.45, 7) is 1.86. The van der Waals surface area contributed by atoms with Crippen LogP contribution in [0.1, 0.15) is 10.4 Å². The monoisotopic (exact) mass is 207 g/mol. The maximum Gasteiger partial charge on any atom is 0.176 e. The van der Waals surface area contributed by atoms with Crippen molar-refractivity contribution in [3.05, 3.63) is 35.9 Å². The van der Waals surface area contributed by atoms with Crippen LogP contribution >= 0.6 is 0 Å². The van der Waals surface area contributed by atoms with Gasteiger partial charge in [0, 0.05) is 19.2 Å². The van der Waals surface area contributed by atoms with Crippen molar-refractivity contribution >= 4 is 5.78 Å². The molecule has 0 saturated heterocycles. The van der Waals surface area contributed by atoms with E-state index in [0.717, 1.165) is 12.1 Å². The quantitative estimate of drug-likeness (QED) is 0.661. The van der Waals surface area contributed by atoms with E-state index in [1.54, 1.807) is 7.11 Å². The fraction of sp³-hybridized carbons (Fsp3) is 0.417. The zero-order chi connectivity index (χ0) is 11.1. The first-order valence-electron chi connectivity index (χ1n) is 4.99. The molecule has 0 fully saturated rings. The predicted octanol–water partition coefficient (Wildman–Crippen LogP) is 1.45. The fourth-order valence-corrected chi connectivity index (χ4v) is 1.29. The molecular formula is C12H17NO2. The molecule has 0 amide bonds. The number of carbonyl (C=O) groups excluding carboxylic acids is 1. The summed E-state index contributed by atoms with van der Waals surface area (Å²) in [5, 5.41) is 0. The summed E-state index contributed by atoms with van der Waals surface area (Å²) in [6, 6.07) is 9.34. The van der Waals surface area contributed by atoms with Gasteiger partial charge in [0.25, 0.3) is 0 Å². The summed E-state index contributed by atoms with van der Waals surface area (Å²) in [5.41, 5.74) is 0.766. The maximum absolute atomic E-state index is 11.7. The molecule has 0 aromatic heterocycles. The molecule has 1 aromatic rings. The molecule has 0 bridgehead atoms. The van der Waals surface area contributed by atoms with E-state index in [2.05, 4.69) is 0 Å². The van der Waals surface area contributed by atoms with Crippen molar-refractivity contribution < 1.29 is 9.53 Å². The minimum atomic E-state index is 0.147. The van der Waals surface area contributed by atoms with Crippen molar-refractivity contribution in [2.75, 3.05) is 33.9 Å². The van der Waals surface area contributed by atoms with Crippen LogP contribution in [0.25, 0.3) is 0 Å². The molecule has 0 saturated carbocycles. The average molecular weight is 207 g/mol. The number of methoxy groups -OCH3 is 1. The van der Waals surface area contributed by atoms with E-state index < -0.39 is 0 Å². The molecule has 0 atom stereocenters. The second-order valence-electron chi connectivity index (χ2n) is 3.52. The van der Waals surface area contributed by atoms with E-state index in [9.17, 15) is 4.79 Å². The molecule has 82 valence electrons. The van der Waals surface area contributed by atoms with Crippen molar-refractivity contribution in [1.82, 2.24) is 4.90 Å². The largest absolute Gasteiger partial charge is 0.383 e. The lowest BCUT2D eigenvalue weighted by atomic mass is 10.1. The van der Waals surface area contributed by atoms with Crippen LogP contribution in [0.2, 0.25) is 0 Å². The highest BCUT2D eigenvalue weighted by molar-refractivity contribution is 5.97. The van der Waals surface area contributed by atoms with Gasteiger partial charge in [-0.2, -0.15) is 0 Å². The van der Waals surface area contributed by atoms with Crippen LogP contribution in [-0.2, 0) is 4.74 Å². The molecule has 3 heteroatoms. The van der Waals surface area contributed by atoms with Crippen molar-refractivity contribution in [3.63, 3.8) is 0 Å². The van der Waals surface area contributed by atoms with Gasteiger partial charge in [-0.1, -0.05) is 30.3 Å². The van der Waals surface area contributed by atoms with E-state index in [4.69, 9.17) is 4.74 Å². The number of carbonyl (C=O) groups is 1. The van der Waals surface area contributed by atoms with Crippen LogP contribution in [0.4, 0.5) is 0 Å². The molecular weight excluding hydrogens is 190 g/mol.